The molecule has 3 nitrogen and oxygen atoms in total. The number of hydrogen-bond acceptors (Lipinski definition) is 3. The smallest absolute Gasteiger partial charge is 0.255 e. The number of amides is 1. The van der Waals surface area contributed by atoms with Crippen LogP contribution < -0.4 is 5.32 Å². The highest BCUT2D eigenvalue weighted by atomic mass is 35.5. The van der Waals surface area contributed by atoms with E-state index in [1.165, 1.54) is 23.5 Å². The molecule has 1 amide bonds. The first-order valence-electron chi connectivity index (χ1n) is 6.93. The Hall–Kier alpha value is -2.68. The monoisotopic (exact) mass is 356 g/mol. The molecule has 0 spiro atoms. The van der Waals surface area contributed by atoms with Gasteiger partial charge in [0.2, 0.25) is 0 Å². The number of rotatable bonds is 3. The molecular weight excluding hydrogens is 347 g/mol. The van der Waals surface area contributed by atoms with Crippen molar-refractivity contribution in [3.8, 4) is 16.5 Å². The van der Waals surface area contributed by atoms with E-state index in [-0.39, 0.29) is 11.7 Å². The van der Waals surface area contributed by atoms with E-state index in [1.807, 2.05) is 0 Å². The first-order chi connectivity index (χ1) is 11.6. The van der Waals surface area contributed by atoms with Gasteiger partial charge in [0, 0.05) is 15.5 Å². The van der Waals surface area contributed by atoms with Gasteiger partial charge in [0.1, 0.15) is 16.8 Å². The second-order valence-corrected chi connectivity index (χ2v) is 6.42. The quantitative estimate of drug-likeness (QED) is 0.689. The third-order valence-electron chi connectivity index (χ3n) is 3.32. The topological polar surface area (TPSA) is 52.9 Å². The van der Waals surface area contributed by atoms with Crippen LogP contribution in [0.15, 0.2) is 54.6 Å². The lowest BCUT2D eigenvalue weighted by Gasteiger charge is -2.03. The Morgan fingerprint density at radius 3 is 2.42 bits per heavy atom. The third-order valence-corrected chi connectivity index (χ3v) is 4.66. The minimum atomic E-state index is -0.327. The van der Waals surface area contributed by atoms with Gasteiger partial charge in [-0.1, -0.05) is 23.7 Å². The van der Waals surface area contributed by atoms with Crippen LogP contribution in [-0.4, -0.2) is 5.91 Å². The average molecular weight is 357 g/mol. The second-order valence-electron chi connectivity index (χ2n) is 4.93. The first-order valence-corrected chi connectivity index (χ1v) is 8.13. The zero-order chi connectivity index (χ0) is 17.1. The molecule has 0 aliphatic heterocycles. The molecule has 118 valence electrons. The molecule has 6 heteroatoms. The van der Waals surface area contributed by atoms with E-state index in [4.69, 9.17) is 11.6 Å². The van der Waals surface area contributed by atoms with Crippen LogP contribution in [0.3, 0.4) is 0 Å². The van der Waals surface area contributed by atoms with Crippen molar-refractivity contribution in [2.75, 3.05) is 5.32 Å². The number of carbonyl (C=O) groups excluding carboxylic acids is 1. The number of hydrogen-bond donors (Lipinski definition) is 1. The molecule has 2 aromatic carbocycles. The summed E-state index contributed by atoms with van der Waals surface area (Å²) in [6, 6.07) is 16.2. The molecule has 0 atom stereocenters. The van der Waals surface area contributed by atoms with Gasteiger partial charge < -0.3 is 5.32 Å². The van der Waals surface area contributed by atoms with E-state index in [0.29, 0.717) is 21.2 Å². The van der Waals surface area contributed by atoms with Crippen molar-refractivity contribution in [3.05, 3.63) is 75.9 Å². The number of thiophene rings is 1. The van der Waals surface area contributed by atoms with Crippen LogP contribution in [0.1, 0.15) is 15.2 Å². The number of carbonyl (C=O) groups is 1. The molecule has 0 aliphatic carbocycles. The van der Waals surface area contributed by atoms with Gasteiger partial charge in [-0.05, 0) is 48.0 Å². The fourth-order valence-corrected chi connectivity index (χ4v) is 3.16. The van der Waals surface area contributed by atoms with Crippen LogP contribution in [-0.2, 0) is 0 Å². The zero-order valence-electron chi connectivity index (χ0n) is 12.2. The van der Waals surface area contributed by atoms with Crippen LogP contribution in [0.2, 0.25) is 5.02 Å². The summed E-state index contributed by atoms with van der Waals surface area (Å²) in [5, 5.41) is 12.5. The molecule has 0 unspecified atom stereocenters. The lowest BCUT2D eigenvalue weighted by molar-refractivity contribution is 0.102. The summed E-state index contributed by atoms with van der Waals surface area (Å²) in [5.74, 6) is -0.654. The SMILES string of the molecule is N#Cc1sc(-c2ccc(F)cc2)cc1NC(=O)c1ccc(Cl)cc1. The standard InChI is InChI=1S/C18H10ClFN2OS/c19-13-5-1-12(2-6-13)18(23)22-15-9-16(24-17(15)10-21)11-3-7-14(20)8-4-11/h1-9H,(H,22,23). The lowest BCUT2D eigenvalue weighted by atomic mass is 10.1. The molecule has 0 bridgehead atoms. The molecule has 0 saturated carbocycles. The summed E-state index contributed by atoms with van der Waals surface area (Å²) in [6.07, 6.45) is 0. The van der Waals surface area contributed by atoms with E-state index in [9.17, 15) is 14.4 Å². The second kappa shape index (κ2) is 6.83. The maximum Gasteiger partial charge on any atom is 0.255 e. The summed E-state index contributed by atoms with van der Waals surface area (Å²) < 4.78 is 13.0. The highest BCUT2D eigenvalue weighted by molar-refractivity contribution is 7.16. The van der Waals surface area contributed by atoms with Crippen molar-refractivity contribution < 1.29 is 9.18 Å². The maximum atomic E-state index is 13.0. The Labute approximate surface area is 146 Å². The van der Waals surface area contributed by atoms with Gasteiger partial charge in [0.15, 0.2) is 0 Å². The fraction of sp³-hybridized carbons (Fsp3) is 0. The first kappa shape index (κ1) is 16.2. The Morgan fingerprint density at radius 1 is 1.12 bits per heavy atom. The molecule has 3 aromatic rings. The molecule has 3 rings (SSSR count). The molecule has 0 aliphatic rings. The minimum Gasteiger partial charge on any atom is -0.320 e. The Bertz CT molecular complexity index is 927. The summed E-state index contributed by atoms with van der Waals surface area (Å²) in [7, 11) is 0. The van der Waals surface area contributed by atoms with E-state index in [0.717, 1.165) is 10.4 Å². The minimum absolute atomic E-state index is 0.327. The summed E-state index contributed by atoms with van der Waals surface area (Å²) >= 11 is 7.05. The number of halogens is 2. The lowest BCUT2D eigenvalue weighted by Crippen LogP contribution is -2.11. The van der Waals surface area contributed by atoms with Gasteiger partial charge in [-0.15, -0.1) is 11.3 Å². The van der Waals surface area contributed by atoms with Gasteiger partial charge in [-0.2, -0.15) is 5.26 Å². The predicted molar refractivity (Wildman–Crippen MR) is 93.8 cm³/mol. The zero-order valence-corrected chi connectivity index (χ0v) is 13.8. The van der Waals surface area contributed by atoms with Crippen LogP contribution in [0.25, 0.3) is 10.4 Å². The van der Waals surface area contributed by atoms with E-state index < -0.39 is 0 Å². The van der Waals surface area contributed by atoms with Crippen molar-refractivity contribution in [3.63, 3.8) is 0 Å². The Balaban J connectivity index is 1.88. The number of benzene rings is 2. The summed E-state index contributed by atoms with van der Waals surface area (Å²) in [6.45, 7) is 0. The molecule has 1 aromatic heterocycles. The van der Waals surface area contributed by atoms with Gasteiger partial charge in [-0.3, -0.25) is 4.79 Å². The molecular formula is C18H10ClFN2OS. The molecule has 1 heterocycles. The van der Waals surface area contributed by atoms with E-state index in [1.54, 1.807) is 42.5 Å². The molecule has 0 saturated heterocycles. The summed E-state index contributed by atoms with van der Waals surface area (Å²) in [5.41, 5.74) is 1.66. The highest BCUT2D eigenvalue weighted by Gasteiger charge is 2.14. The maximum absolute atomic E-state index is 13.0. The third kappa shape index (κ3) is 3.46. The number of nitrogens with one attached hydrogen (secondary N) is 1. The van der Waals surface area contributed by atoms with E-state index >= 15 is 0 Å². The van der Waals surface area contributed by atoms with Gasteiger partial charge in [-0.25, -0.2) is 4.39 Å². The van der Waals surface area contributed by atoms with Crippen molar-refractivity contribution >= 4 is 34.5 Å². The molecule has 0 fully saturated rings. The highest BCUT2D eigenvalue weighted by Crippen LogP contribution is 2.34. The molecule has 24 heavy (non-hydrogen) atoms. The largest absolute Gasteiger partial charge is 0.320 e. The van der Waals surface area contributed by atoms with Crippen LogP contribution in [0.4, 0.5) is 10.1 Å². The fourth-order valence-electron chi connectivity index (χ4n) is 2.12. The molecule has 1 N–H and O–H groups in total. The van der Waals surface area contributed by atoms with Crippen LogP contribution >= 0.6 is 22.9 Å². The van der Waals surface area contributed by atoms with Gasteiger partial charge in [0.05, 0.1) is 5.69 Å². The normalized spacial score (nSPS) is 10.2. The van der Waals surface area contributed by atoms with Gasteiger partial charge in [0.25, 0.3) is 5.91 Å². The van der Waals surface area contributed by atoms with Crippen molar-refractivity contribution in [2.24, 2.45) is 0 Å². The summed E-state index contributed by atoms with van der Waals surface area (Å²) in [4.78, 5) is 13.4. The Kier molecular flexibility index (Phi) is 4.61. The van der Waals surface area contributed by atoms with E-state index in [2.05, 4.69) is 11.4 Å². The number of nitrogens with zero attached hydrogens (tertiary/aromatic N) is 1. The van der Waals surface area contributed by atoms with Crippen molar-refractivity contribution in [2.45, 2.75) is 0 Å². The van der Waals surface area contributed by atoms with Crippen LogP contribution in [0, 0.1) is 17.1 Å². The number of nitriles is 1. The van der Waals surface area contributed by atoms with Gasteiger partial charge >= 0.3 is 0 Å². The Morgan fingerprint density at radius 2 is 1.79 bits per heavy atom. The van der Waals surface area contributed by atoms with Crippen molar-refractivity contribution in [1.29, 1.82) is 5.26 Å². The predicted octanol–water partition coefficient (Wildman–Crippen LogP) is 5.33. The van der Waals surface area contributed by atoms with Crippen molar-refractivity contribution in [1.82, 2.24) is 0 Å². The average Bonchev–Trinajstić information content (AvgIpc) is 2.99. The number of anilines is 1. The molecule has 0 radical (unpaired) electrons. The van der Waals surface area contributed by atoms with Crippen LogP contribution in [0.5, 0.6) is 0 Å².